The maximum absolute atomic E-state index is 12.3. The molecule has 0 atom stereocenters. The molecule has 0 unspecified atom stereocenters. The third-order valence-corrected chi connectivity index (χ3v) is 3.95. The van der Waals surface area contributed by atoms with Gasteiger partial charge >= 0.3 is 5.63 Å². The zero-order valence-corrected chi connectivity index (χ0v) is 15.6. The quantitative estimate of drug-likeness (QED) is 0.625. The third kappa shape index (κ3) is 4.17. The summed E-state index contributed by atoms with van der Waals surface area (Å²) in [5.74, 6) is 1.35. The van der Waals surface area contributed by atoms with Crippen molar-refractivity contribution in [3.8, 4) is 23.0 Å². The molecule has 3 rings (SSSR count). The van der Waals surface area contributed by atoms with Crippen LogP contribution in [0.1, 0.15) is 0 Å². The predicted octanol–water partition coefficient (Wildman–Crippen LogP) is 2.84. The van der Waals surface area contributed by atoms with Gasteiger partial charge in [-0.1, -0.05) is 0 Å². The molecule has 28 heavy (non-hydrogen) atoms. The number of hydrogen-bond donors (Lipinski definition) is 1. The smallest absolute Gasteiger partial charge is 0.336 e. The number of methoxy groups -OCH3 is 3. The molecule has 1 aromatic heterocycles. The monoisotopic (exact) mass is 385 g/mol. The Morgan fingerprint density at radius 2 is 1.71 bits per heavy atom. The van der Waals surface area contributed by atoms with E-state index in [0.717, 1.165) is 0 Å². The number of nitrogens with one attached hydrogen (secondary N) is 1. The van der Waals surface area contributed by atoms with Gasteiger partial charge in [-0.15, -0.1) is 0 Å². The molecule has 2 aromatic carbocycles. The Morgan fingerprint density at radius 1 is 0.929 bits per heavy atom. The number of rotatable bonds is 7. The topological polar surface area (TPSA) is 96.2 Å². The molecule has 0 radical (unpaired) electrons. The number of amides is 1. The first kappa shape index (κ1) is 19.1. The second-order valence-corrected chi connectivity index (χ2v) is 5.70. The highest BCUT2D eigenvalue weighted by Crippen LogP contribution is 2.32. The first-order valence-corrected chi connectivity index (χ1v) is 8.30. The van der Waals surface area contributed by atoms with E-state index in [4.69, 9.17) is 23.4 Å². The summed E-state index contributed by atoms with van der Waals surface area (Å²) in [5.41, 5.74) is 0.335. The lowest BCUT2D eigenvalue weighted by Gasteiger charge is -2.13. The van der Waals surface area contributed by atoms with Gasteiger partial charge in [-0.25, -0.2) is 4.79 Å². The second kappa shape index (κ2) is 8.34. The highest BCUT2D eigenvalue weighted by Gasteiger charge is 2.13. The molecule has 0 saturated carbocycles. The molecule has 146 valence electrons. The van der Waals surface area contributed by atoms with Crippen molar-refractivity contribution in [1.82, 2.24) is 0 Å². The number of carbonyl (C=O) groups excluding carboxylic acids is 1. The van der Waals surface area contributed by atoms with Crippen molar-refractivity contribution < 1.29 is 28.2 Å². The summed E-state index contributed by atoms with van der Waals surface area (Å²) in [6.45, 7) is -0.284. The Balaban J connectivity index is 1.75. The van der Waals surface area contributed by atoms with E-state index < -0.39 is 11.5 Å². The van der Waals surface area contributed by atoms with Crippen LogP contribution >= 0.6 is 0 Å². The second-order valence-electron chi connectivity index (χ2n) is 5.70. The van der Waals surface area contributed by atoms with Gasteiger partial charge < -0.3 is 28.7 Å². The summed E-state index contributed by atoms with van der Waals surface area (Å²) in [7, 11) is 4.52. The maximum atomic E-state index is 12.3. The van der Waals surface area contributed by atoms with Crippen molar-refractivity contribution in [2.45, 2.75) is 0 Å². The fourth-order valence-corrected chi connectivity index (χ4v) is 2.58. The van der Waals surface area contributed by atoms with Gasteiger partial charge in [-0.05, 0) is 24.3 Å². The molecule has 0 fully saturated rings. The minimum absolute atomic E-state index is 0.279. The number of ether oxygens (including phenoxy) is 4. The minimum atomic E-state index is -0.479. The number of anilines is 1. The summed E-state index contributed by atoms with van der Waals surface area (Å²) < 4.78 is 26.4. The molecule has 0 bridgehead atoms. The molecule has 0 aliphatic rings. The van der Waals surface area contributed by atoms with Gasteiger partial charge in [-0.2, -0.15) is 0 Å². The van der Waals surface area contributed by atoms with Gasteiger partial charge in [0.05, 0.1) is 27.0 Å². The molecule has 0 aliphatic carbocycles. The number of benzene rings is 2. The molecule has 1 heterocycles. The Kier molecular flexibility index (Phi) is 5.69. The van der Waals surface area contributed by atoms with Crippen LogP contribution in [-0.2, 0) is 4.79 Å². The molecule has 8 heteroatoms. The van der Waals surface area contributed by atoms with Crippen LogP contribution in [0.3, 0.4) is 0 Å². The maximum Gasteiger partial charge on any atom is 0.336 e. The fraction of sp³-hybridized carbons (Fsp3) is 0.200. The van der Waals surface area contributed by atoms with Crippen LogP contribution in [0.4, 0.5) is 5.69 Å². The van der Waals surface area contributed by atoms with Gasteiger partial charge in [0, 0.05) is 23.6 Å². The molecule has 0 saturated heterocycles. The highest BCUT2D eigenvalue weighted by atomic mass is 16.5. The van der Waals surface area contributed by atoms with Crippen LogP contribution < -0.4 is 29.9 Å². The first-order chi connectivity index (χ1) is 13.5. The molecule has 0 aliphatic heterocycles. The molecule has 1 amide bonds. The van der Waals surface area contributed by atoms with Gasteiger partial charge in [0.1, 0.15) is 17.1 Å². The van der Waals surface area contributed by atoms with Crippen LogP contribution in [-0.4, -0.2) is 33.8 Å². The highest BCUT2D eigenvalue weighted by molar-refractivity contribution is 5.93. The Hall–Kier alpha value is -3.68. The molecular formula is C20H19NO7. The van der Waals surface area contributed by atoms with Crippen molar-refractivity contribution in [2.75, 3.05) is 33.3 Å². The Bertz CT molecular complexity index is 1060. The van der Waals surface area contributed by atoms with Crippen LogP contribution in [0.5, 0.6) is 23.0 Å². The molecule has 3 aromatic rings. The van der Waals surface area contributed by atoms with Crippen molar-refractivity contribution in [1.29, 1.82) is 0 Å². The van der Waals surface area contributed by atoms with E-state index in [9.17, 15) is 9.59 Å². The van der Waals surface area contributed by atoms with Crippen LogP contribution in [0.25, 0.3) is 11.0 Å². The normalized spacial score (nSPS) is 10.4. The SMILES string of the molecule is COc1ccc(NC(=O)COc2cc3oc(=O)ccc3cc2OC)c(OC)c1. The Labute approximate surface area is 160 Å². The van der Waals surface area contributed by atoms with E-state index in [1.54, 1.807) is 37.4 Å². The molecular weight excluding hydrogens is 366 g/mol. The zero-order valence-electron chi connectivity index (χ0n) is 15.6. The van der Waals surface area contributed by atoms with Crippen LogP contribution in [0.2, 0.25) is 0 Å². The zero-order chi connectivity index (χ0) is 20.1. The molecule has 8 nitrogen and oxygen atoms in total. The van der Waals surface area contributed by atoms with E-state index in [2.05, 4.69) is 5.32 Å². The summed E-state index contributed by atoms with van der Waals surface area (Å²) >= 11 is 0. The summed E-state index contributed by atoms with van der Waals surface area (Å²) in [6.07, 6.45) is 0. The van der Waals surface area contributed by atoms with Crippen LogP contribution in [0.15, 0.2) is 51.7 Å². The van der Waals surface area contributed by atoms with E-state index in [1.165, 1.54) is 26.4 Å². The largest absolute Gasteiger partial charge is 0.497 e. The van der Waals surface area contributed by atoms with Gasteiger partial charge in [0.25, 0.3) is 5.91 Å². The summed E-state index contributed by atoms with van der Waals surface area (Å²) in [4.78, 5) is 23.7. The molecule has 1 N–H and O–H groups in total. The first-order valence-electron chi connectivity index (χ1n) is 8.30. The van der Waals surface area contributed by atoms with Crippen molar-refractivity contribution in [3.63, 3.8) is 0 Å². The number of fused-ring (bicyclic) bond motifs is 1. The van der Waals surface area contributed by atoms with E-state index in [1.807, 2.05) is 0 Å². The number of hydrogen-bond acceptors (Lipinski definition) is 7. The number of carbonyl (C=O) groups is 1. The third-order valence-electron chi connectivity index (χ3n) is 3.95. The predicted molar refractivity (Wildman–Crippen MR) is 103 cm³/mol. The lowest BCUT2D eigenvalue weighted by Crippen LogP contribution is -2.20. The van der Waals surface area contributed by atoms with Gasteiger partial charge in [0.15, 0.2) is 18.1 Å². The van der Waals surface area contributed by atoms with Gasteiger partial charge in [0.2, 0.25) is 0 Å². The van der Waals surface area contributed by atoms with Crippen LogP contribution in [0, 0.1) is 0 Å². The fourth-order valence-electron chi connectivity index (χ4n) is 2.58. The van der Waals surface area contributed by atoms with Crippen molar-refractivity contribution in [3.05, 3.63) is 52.9 Å². The standard InChI is InChI=1S/C20H19NO7/c1-24-13-5-6-14(16(9-13)25-2)21-19(22)11-27-18-10-15-12(8-17(18)26-3)4-7-20(23)28-15/h4-10H,11H2,1-3H3,(H,21,22). The average molecular weight is 385 g/mol. The summed E-state index contributed by atoms with van der Waals surface area (Å²) in [6, 6.07) is 11.1. The van der Waals surface area contributed by atoms with E-state index in [-0.39, 0.29) is 12.4 Å². The Morgan fingerprint density at radius 3 is 2.43 bits per heavy atom. The van der Waals surface area contributed by atoms with Gasteiger partial charge in [-0.3, -0.25) is 4.79 Å². The van der Waals surface area contributed by atoms with Crippen molar-refractivity contribution >= 4 is 22.6 Å². The van der Waals surface area contributed by atoms with Crippen molar-refractivity contribution in [2.24, 2.45) is 0 Å². The lowest BCUT2D eigenvalue weighted by molar-refractivity contribution is -0.118. The molecule has 0 spiro atoms. The van der Waals surface area contributed by atoms with E-state index in [0.29, 0.717) is 33.9 Å². The minimum Gasteiger partial charge on any atom is -0.497 e. The lowest BCUT2D eigenvalue weighted by atomic mass is 10.2. The summed E-state index contributed by atoms with van der Waals surface area (Å²) in [5, 5.41) is 3.39. The average Bonchev–Trinajstić information content (AvgIpc) is 2.71. The van der Waals surface area contributed by atoms with E-state index >= 15 is 0 Å².